The smallest absolute Gasteiger partial charge is 0.0890 e. The lowest BCUT2D eigenvalue weighted by Gasteiger charge is -2.02. The number of unbranched alkanes of at least 4 members (excludes halogenated alkanes) is 5. The molecule has 96 valence electrons. The third-order valence-corrected chi connectivity index (χ3v) is 3.28. The van der Waals surface area contributed by atoms with E-state index in [0.29, 0.717) is 0 Å². The summed E-state index contributed by atoms with van der Waals surface area (Å²) < 4.78 is 0. The molecule has 2 aromatic rings. The Hall–Kier alpha value is -1.44. The van der Waals surface area contributed by atoms with Gasteiger partial charge in [0.15, 0.2) is 0 Å². The fraction of sp³-hybridized carbons (Fsp3) is 0.500. The minimum atomic E-state index is 0.990. The van der Waals surface area contributed by atoms with Gasteiger partial charge in [0.1, 0.15) is 0 Å². The van der Waals surface area contributed by atoms with Crippen LogP contribution in [-0.2, 0) is 6.42 Å². The van der Waals surface area contributed by atoms with Crippen molar-refractivity contribution in [1.29, 1.82) is 0 Å². The van der Waals surface area contributed by atoms with Crippen LogP contribution in [0.5, 0.6) is 0 Å². The summed E-state index contributed by atoms with van der Waals surface area (Å²) in [5.41, 5.74) is 3.13. The standard InChI is InChI=1S/C16H22N2/c1-2-3-4-5-6-7-10-14-13-17-15-11-8-9-12-16(15)18-14/h8-9,11-13H,2-7,10H2,1H3. The zero-order valence-corrected chi connectivity index (χ0v) is 11.2. The molecule has 0 saturated heterocycles. The summed E-state index contributed by atoms with van der Waals surface area (Å²) in [6, 6.07) is 8.07. The number of aromatic nitrogens is 2. The topological polar surface area (TPSA) is 25.8 Å². The van der Waals surface area contributed by atoms with Gasteiger partial charge in [-0.1, -0.05) is 51.2 Å². The van der Waals surface area contributed by atoms with Crippen LogP contribution in [0.1, 0.15) is 51.1 Å². The zero-order chi connectivity index (χ0) is 12.6. The van der Waals surface area contributed by atoms with Gasteiger partial charge in [-0.3, -0.25) is 4.98 Å². The predicted molar refractivity (Wildman–Crippen MR) is 76.6 cm³/mol. The molecule has 1 heterocycles. The number of rotatable bonds is 7. The summed E-state index contributed by atoms with van der Waals surface area (Å²) in [6.45, 7) is 2.25. The minimum absolute atomic E-state index is 0.990. The molecule has 0 aliphatic heterocycles. The van der Waals surface area contributed by atoms with E-state index in [2.05, 4.69) is 16.9 Å². The molecule has 0 bridgehead atoms. The van der Waals surface area contributed by atoms with E-state index in [1.54, 1.807) is 0 Å². The Kier molecular flexibility index (Phi) is 5.13. The highest BCUT2D eigenvalue weighted by Crippen LogP contribution is 2.11. The van der Waals surface area contributed by atoms with Crippen LogP contribution in [0.2, 0.25) is 0 Å². The number of hydrogen-bond acceptors (Lipinski definition) is 2. The molecule has 0 fully saturated rings. The molecule has 0 radical (unpaired) electrons. The first-order chi connectivity index (χ1) is 8.90. The second-order valence-electron chi connectivity index (χ2n) is 4.87. The van der Waals surface area contributed by atoms with Gasteiger partial charge in [0.25, 0.3) is 0 Å². The van der Waals surface area contributed by atoms with Gasteiger partial charge < -0.3 is 0 Å². The number of aryl methyl sites for hydroxylation is 1. The van der Waals surface area contributed by atoms with E-state index >= 15 is 0 Å². The molecule has 0 saturated carbocycles. The second kappa shape index (κ2) is 7.10. The first-order valence-corrected chi connectivity index (χ1v) is 7.11. The number of fused-ring (bicyclic) bond motifs is 1. The number of benzene rings is 1. The van der Waals surface area contributed by atoms with E-state index in [1.165, 1.54) is 38.5 Å². The highest BCUT2D eigenvalue weighted by atomic mass is 14.8. The molecule has 0 aliphatic rings. The van der Waals surface area contributed by atoms with Crippen LogP contribution < -0.4 is 0 Å². The van der Waals surface area contributed by atoms with Gasteiger partial charge >= 0.3 is 0 Å². The van der Waals surface area contributed by atoms with Crippen molar-refractivity contribution in [1.82, 2.24) is 9.97 Å². The average molecular weight is 242 g/mol. The Morgan fingerprint density at radius 2 is 1.61 bits per heavy atom. The maximum absolute atomic E-state index is 4.65. The molecule has 0 aliphatic carbocycles. The van der Waals surface area contributed by atoms with E-state index in [0.717, 1.165) is 23.1 Å². The van der Waals surface area contributed by atoms with Crippen molar-refractivity contribution in [3.8, 4) is 0 Å². The van der Waals surface area contributed by atoms with Gasteiger partial charge in [0.05, 0.1) is 16.7 Å². The highest BCUT2D eigenvalue weighted by molar-refractivity contribution is 5.73. The van der Waals surface area contributed by atoms with Crippen LogP contribution in [0.3, 0.4) is 0 Å². The Morgan fingerprint density at radius 3 is 2.44 bits per heavy atom. The van der Waals surface area contributed by atoms with Crippen molar-refractivity contribution in [3.05, 3.63) is 36.2 Å². The summed E-state index contributed by atoms with van der Waals surface area (Å²) in [4.78, 5) is 9.09. The molecule has 0 atom stereocenters. The normalized spacial score (nSPS) is 10.9. The lowest BCUT2D eigenvalue weighted by atomic mass is 10.1. The van der Waals surface area contributed by atoms with Crippen LogP contribution in [0, 0.1) is 0 Å². The monoisotopic (exact) mass is 242 g/mol. The molecule has 1 aromatic carbocycles. The van der Waals surface area contributed by atoms with Crippen molar-refractivity contribution in [2.75, 3.05) is 0 Å². The Bertz CT molecular complexity index is 479. The van der Waals surface area contributed by atoms with Crippen LogP contribution in [0.4, 0.5) is 0 Å². The average Bonchev–Trinajstić information content (AvgIpc) is 2.42. The predicted octanol–water partition coefficient (Wildman–Crippen LogP) is 4.53. The third kappa shape index (κ3) is 3.80. The van der Waals surface area contributed by atoms with Crippen LogP contribution in [0.25, 0.3) is 11.0 Å². The molecule has 1 aromatic heterocycles. The maximum atomic E-state index is 4.65. The quantitative estimate of drug-likeness (QED) is 0.666. The molecule has 0 amide bonds. The molecule has 0 unspecified atom stereocenters. The van der Waals surface area contributed by atoms with Crippen molar-refractivity contribution >= 4 is 11.0 Å². The summed E-state index contributed by atoms with van der Waals surface area (Å²) in [6.07, 6.45) is 10.9. The lowest BCUT2D eigenvalue weighted by molar-refractivity contribution is 0.604. The fourth-order valence-corrected chi connectivity index (χ4v) is 2.20. The molecule has 2 rings (SSSR count). The zero-order valence-electron chi connectivity index (χ0n) is 11.2. The summed E-state index contributed by atoms with van der Waals surface area (Å²) in [5, 5.41) is 0. The van der Waals surface area contributed by atoms with E-state index in [-0.39, 0.29) is 0 Å². The van der Waals surface area contributed by atoms with Gasteiger partial charge in [-0.2, -0.15) is 0 Å². The number of para-hydroxylation sites is 2. The van der Waals surface area contributed by atoms with Gasteiger partial charge in [0, 0.05) is 6.20 Å². The molecule has 2 heteroatoms. The largest absolute Gasteiger partial charge is 0.253 e. The van der Waals surface area contributed by atoms with Crippen LogP contribution in [0.15, 0.2) is 30.5 Å². The molecule has 0 N–H and O–H groups in total. The van der Waals surface area contributed by atoms with Gasteiger partial charge in [0.2, 0.25) is 0 Å². The van der Waals surface area contributed by atoms with Crippen molar-refractivity contribution in [3.63, 3.8) is 0 Å². The third-order valence-electron chi connectivity index (χ3n) is 3.28. The summed E-state index contributed by atoms with van der Waals surface area (Å²) >= 11 is 0. The molecular formula is C16H22N2. The van der Waals surface area contributed by atoms with E-state index in [4.69, 9.17) is 0 Å². The van der Waals surface area contributed by atoms with E-state index in [1.807, 2.05) is 30.5 Å². The van der Waals surface area contributed by atoms with E-state index < -0.39 is 0 Å². The minimum Gasteiger partial charge on any atom is -0.253 e. The van der Waals surface area contributed by atoms with Crippen molar-refractivity contribution < 1.29 is 0 Å². The fourth-order valence-electron chi connectivity index (χ4n) is 2.20. The van der Waals surface area contributed by atoms with Crippen molar-refractivity contribution in [2.45, 2.75) is 51.9 Å². The summed E-state index contributed by atoms with van der Waals surface area (Å²) in [5.74, 6) is 0. The lowest BCUT2D eigenvalue weighted by Crippen LogP contribution is -1.93. The van der Waals surface area contributed by atoms with Crippen molar-refractivity contribution in [2.24, 2.45) is 0 Å². The molecule has 2 nitrogen and oxygen atoms in total. The maximum Gasteiger partial charge on any atom is 0.0890 e. The van der Waals surface area contributed by atoms with Crippen LogP contribution >= 0.6 is 0 Å². The first-order valence-electron chi connectivity index (χ1n) is 7.11. The highest BCUT2D eigenvalue weighted by Gasteiger charge is 1.99. The Morgan fingerprint density at radius 1 is 0.889 bits per heavy atom. The molecule has 0 spiro atoms. The van der Waals surface area contributed by atoms with Gasteiger partial charge in [-0.15, -0.1) is 0 Å². The van der Waals surface area contributed by atoms with Gasteiger partial charge in [-0.25, -0.2) is 4.98 Å². The Balaban J connectivity index is 1.81. The van der Waals surface area contributed by atoms with E-state index in [9.17, 15) is 0 Å². The Labute approximate surface area is 109 Å². The first kappa shape index (κ1) is 13.0. The SMILES string of the molecule is CCCCCCCCc1cnc2ccccc2n1. The summed E-state index contributed by atoms with van der Waals surface area (Å²) in [7, 11) is 0. The number of hydrogen-bond donors (Lipinski definition) is 0. The van der Waals surface area contributed by atoms with Gasteiger partial charge in [-0.05, 0) is 25.0 Å². The molecule has 18 heavy (non-hydrogen) atoms. The number of nitrogens with zero attached hydrogens (tertiary/aromatic N) is 2. The second-order valence-corrected chi connectivity index (χ2v) is 4.87. The molecular weight excluding hydrogens is 220 g/mol. The van der Waals surface area contributed by atoms with Crippen LogP contribution in [-0.4, -0.2) is 9.97 Å².